The van der Waals surface area contributed by atoms with Gasteiger partial charge in [0.2, 0.25) is 17.7 Å². The van der Waals surface area contributed by atoms with Crippen LogP contribution in [-0.4, -0.2) is 33.7 Å². The fourth-order valence-electron chi connectivity index (χ4n) is 3.78. The van der Waals surface area contributed by atoms with E-state index in [2.05, 4.69) is 28.9 Å². The Balaban J connectivity index is 1.54. The van der Waals surface area contributed by atoms with Gasteiger partial charge in [0.15, 0.2) is 0 Å². The Labute approximate surface area is 156 Å². The first-order valence-corrected chi connectivity index (χ1v) is 9.22. The third-order valence-corrected chi connectivity index (χ3v) is 5.09. The lowest BCUT2D eigenvalue weighted by Crippen LogP contribution is -2.32. The van der Waals surface area contributed by atoms with Gasteiger partial charge in [-0.3, -0.25) is 19.3 Å². The van der Waals surface area contributed by atoms with Crippen LogP contribution < -0.4 is 5.32 Å². The summed E-state index contributed by atoms with van der Waals surface area (Å²) in [6.45, 7) is 3.12. The molecule has 2 aromatic carbocycles. The molecule has 6 nitrogen and oxygen atoms in total. The third-order valence-electron chi connectivity index (χ3n) is 5.09. The number of nitrogens with one attached hydrogen (secondary N) is 1. The molecule has 0 saturated carbocycles. The van der Waals surface area contributed by atoms with E-state index in [1.54, 1.807) is 0 Å². The van der Waals surface area contributed by atoms with Crippen molar-refractivity contribution in [3.05, 3.63) is 42.5 Å². The van der Waals surface area contributed by atoms with Crippen molar-refractivity contribution in [2.24, 2.45) is 0 Å². The van der Waals surface area contributed by atoms with Crippen molar-refractivity contribution in [3.8, 4) is 0 Å². The van der Waals surface area contributed by atoms with Crippen molar-refractivity contribution in [3.63, 3.8) is 0 Å². The van der Waals surface area contributed by atoms with E-state index < -0.39 is 0 Å². The summed E-state index contributed by atoms with van der Waals surface area (Å²) in [7, 11) is 0. The SMILES string of the molecule is CCn1c2ccccc2c2cc(NC(=O)CCN3C(=O)CCC3=O)ccc21. The number of hydrogen-bond donors (Lipinski definition) is 1. The average molecular weight is 363 g/mol. The monoisotopic (exact) mass is 363 g/mol. The molecule has 4 rings (SSSR count). The molecule has 27 heavy (non-hydrogen) atoms. The summed E-state index contributed by atoms with van der Waals surface area (Å²) in [5.74, 6) is -0.593. The molecular weight excluding hydrogens is 342 g/mol. The van der Waals surface area contributed by atoms with Crippen molar-refractivity contribution in [2.75, 3.05) is 11.9 Å². The molecule has 6 heteroatoms. The van der Waals surface area contributed by atoms with Crippen LogP contribution in [0.3, 0.4) is 0 Å². The van der Waals surface area contributed by atoms with Crippen molar-refractivity contribution in [1.29, 1.82) is 0 Å². The highest BCUT2D eigenvalue weighted by molar-refractivity contribution is 6.10. The van der Waals surface area contributed by atoms with E-state index in [4.69, 9.17) is 0 Å². The minimum atomic E-state index is -0.207. The van der Waals surface area contributed by atoms with Gasteiger partial charge in [-0.25, -0.2) is 0 Å². The molecule has 1 N–H and O–H groups in total. The number of aryl methyl sites for hydroxylation is 1. The predicted octanol–water partition coefficient (Wildman–Crippen LogP) is 3.29. The molecule has 2 heterocycles. The normalized spacial score (nSPS) is 14.5. The Morgan fingerprint density at radius 3 is 2.44 bits per heavy atom. The van der Waals surface area contributed by atoms with Crippen LogP contribution in [0, 0.1) is 0 Å². The van der Waals surface area contributed by atoms with Crippen molar-refractivity contribution in [2.45, 2.75) is 32.7 Å². The van der Waals surface area contributed by atoms with Gasteiger partial charge in [0, 0.05) is 59.8 Å². The molecule has 0 spiro atoms. The van der Waals surface area contributed by atoms with Gasteiger partial charge in [-0.2, -0.15) is 0 Å². The molecule has 0 radical (unpaired) electrons. The fraction of sp³-hybridized carbons (Fsp3) is 0.286. The zero-order chi connectivity index (χ0) is 19.0. The maximum Gasteiger partial charge on any atom is 0.229 e. The first kappa shape index (κ1) is 17.3. The van der Waals surface area contributed by atoms with E-state index in [1.807, 2.05) is 30.3 Å². The number of nitrogens with zero attached hydrogens (tertiary/aromatic N) is 2. The van der Waals surface area contributed by atoms with Crippen LogP contribution in [0.25, 0.3) is 21.8 Å². The van der Waals surface area contributed by atoms with E-state index in [0.29, 0.717) is 5.69 Å². The average Bonchev–Trinajstić information content (AvgIpc) is 3.16. The van der Waals surface area contributed by atoms with Gasteiger partial charge in [-0.05, 0) is 31.2 Å². The minimum absolute atomic E-state index is 0.103. The first-order valence-electron chi connectivity index (χ1n) is 9.22. The molecule has 1 fully saturated rings. The molecule has 1 saturated heterocycles. The number of carbonyl (C=O) groups excluding carboxylic acids is 3. The highest BCUT2D eigenvalue weighted by atomic mass is 16.2. The number of hydrogen-bond acceptors (Lipinski definition) is 3. The van der Waals surface area contributed by atoms with E-state index in [0.717, 1.165) is 22.8 Å². The summed E-state index contributed by atoms with van der Waals surface area (Å²) in [5, 5.41) is 5.13. The molecule has 0 aliphatic carbocycles. The largest absolute Gasteiger partial charge is 0.341 e. The lowest BCUT2D eigenvalue weighted by atomic mass is 10.1. The van der Waals surface area contributed by atoms with Crippen LogP contribution in [-0.2, 0) is 20.9 Å². The maximum absolute atomic E-state index is 12.3. The van der Waals surface area contributed by atoms with Gasteiger partial charge in [0.25, 0.3) is 0 Å². The standard InChI is InChI=1S/C21H21N3O3/c1-2-23-17-6-4-3-5-15(17)16-13-14(7-8-18(16)23)22-19(25)11-12-24-20(26)9-10-21(24)27/h3-8,13H,2,9-12H2,1H3,(H,22,25). The highest BCUT2D eigenvalue weighted by Gasteiger charge is 2.28. The zero-order valence-corrected chi connectivity index (χ0v) is 15.2. The third kappa shape index (κ3) is 3.07. The number of amides is 3. The molecule has 0 unspecified atom stereocenters. The Bertz CT molecular complexity index is 1050. The maximum atomic E-state index is 12.3. The van der Waals surface area contributed by atoms with Crippen LogP contribution in [0.5, 0.6) is 0 Å². The Morgan fingerprint density at radius 1 is 1.00 bits per heavy atom. The number of benzene rings is 2. The lowest BCUT2D eigenvalue weighted by molar-refractivity contribution is -0.138. The highest BCUT2D eigenvalue weighted by Crippen LogP contribution is 2.31. The topological polar surface area (TPSA) is 71.4 Å². The number of imide groups is 1. The second kappa shape index (κ2) is 6.87. The van der Waals surface area contributed by atoms with E-state index in [9.17, 15) is 14.4 Å². The van der Waals surface area contributed by atoms with E-state index >= 15 is 0 Å². The van der Waals surface area contributed by atoms with Gasteiger partial charge in [0.1, 0.15) is 0 Å². The zero-order valence-electron chi connectivity index (χ0n) is 15.2. The molecule has 1 aliphatic rings. The molecule has 1 aromatic heterocycles. The number of para-hydroxylation sites is 1. The summed E-state index contributed by atoms with van der Waals surface area (Å²) >= 11 is 0. The number of aromatic nitrogens is 1. The van der Waals surface area contributed by atoms with Crippen molar-refractivity contribution < 1.29 is 14.4 Å². The Hall–Kier alpha value is -3.15. The van der Waals surface area contributed by atoms with Gasteiger partial charge in [-0.1, -0.05) is 18.2 Å². The number of carbonyl (C=O) groups is 3. The van der Waals surface area contributed by atoms with E-state index in [-0.39, 0.29) is 43.5 Å². The molecule has 3 aromatic rings. The molecular formula is C21H21N3O3. The fourth-order valence-corrected chi connectivity index (χ4v) is 3.78. The van der Waals surface area contributed by atoms with Crippen LogP contribution in [0.4, 0.5) is 5.69 Å². The quantitative estimate of drug-likeness (QED) is 0.707. The summed E-state index contributed by atoms with van der Waals surface area (Å²) < 4.78 is 2.25. The number of fused-ring (bicyclic) bond motifs is 3. The Morgan fingerprint density at radius 2 is 1.70 bits per heavy atom. The summed E-state index contributed by atoms with van der Waals surface area (Å²) in [6.07, 6.45) is 0.601. The molecule has 3 amide bonds. The van der Waals surface area contributed by atoms with Crippen LogP contribution >= 0.6 is 0 Å². The minimum Gasteiger partial charge on any atom is -0.341 e. The first-order chi connectivity index (χ1) is 13.1. The number of anilines is 1. The van der Waals surface area contributed by atoms with Gasteiger partial charge >= 0.3 is 0 Å². The second-order valence-corrected chi connectivity index (χ2v) is 6.73. The van der Waals surface area contributed by atoms with Crippen molar-refractivity contribution >= 4 is 45.2 Å². The summed E-state index contributed by atoms with van der Waals surface area (Å²) in [6, 6.07) is 14.1. The summed E-state index contributed by atoms with van der Waals surface area (Å²) in [4.78, 5) is 36.7. The Kier molecular flexibility index (Phi) is 4.39. The molecule has 0 atom stereocenters. The van der Waals surface area contributed by atoms with Gasteiger partial charge < -0.3 is 9.88 Å². The number of likely N-dealkylation sites (tertiary alicyclic amines) is 1. The second-order valence-electron chi connectivity index (χ2n) is 6.73. The van der Waals surface area contributed by atoms with Crippen LogP contribution in [0.15, 0.2) is 42.5 Å². The predicted molar refractivity (Wildman–Crippen MR) is 104 cm³/mol. The van der Waals surface area contributed by atoms with Crippen molar-refractivity contribution in [1.82, 2.24) is 9.47 Å². The lowest BCUT2D eigenvalue weighted by Gasteiger charge is -2.13. The molecule has 138 valence electrons. The summed E-state index contributed by atoms with van der Waals surface area (Å²) in [5.41, 5.74) is 3.01. The van der Waals surface area contributed by atoms with Gasteiger partial charge in [-0.15, -0.1) is 0 Å². The van der Waals surface area contributed by atoms with Crippen LogP contribution in [0.2, 0.25) is 0 Å². The molecule has 0 bridgehead atoms. The van der Waals surface area contributed by atoms with Crippen LogP contribution in [0.1, 0.15) is 26.2 Å². The smallest absolute Gasteiger partial charge is 0.229 e. The number of rotatable bonds is 5. The van der Waals surface area contributed by atoms with Gasteiger partial charge in [0.05, 0.1) is 0 Å². The van der Waals surface area contributed by atoms with E-state index in [1.165, 1.54) is 10.4 Å². The molecule has 1 aliphatic heterocycles.